The largest absolute Gasteiger partial charge is 0.456 e. The average molecular weight is 321 g/mol. The summed E-state index contributed by atoms with van der Waals surface area (Å²) in [5.41, 5.74) is 0.0738. The SMILES string of the molecule is OC(CCCl)(c1ccccc1)c1cc2cccc(Cl)c2o1. The Bertz CT molecular complexity index is 752. The van der Waals surface area contributed by atoms with E-state index in [-0.39, 0.29) is 0 Å². The molecule has 1 unspecified atom stereocenters. The van der Waals surface area contributed by atoms with E-state index in [1.807, 2.05) is 48.5 Å². The van der Waals surface area contributed by atoms with Crippen molar-refractivity contribution in [3.8, 4) is 0 Å². The Morgan fingerprint density at radius 1 is 1.05 bits per heavy atom. The highest BCUT2D eigenvalue weighted by molar-refractivity contribution is 6.34. The Morgan fingerprint density at radius 2 is 1.81 bits per heavy atom. The number of benzene rings is 2. The molecule has 108 valence electrons. The van der Waals surface area contributed by atoms with Gasteiger partial charge in [-0.15, -0.1) is 11.6 Å². The van der Waals surface area contributed by atoms with E-state index >= 15 is 0 Å². The van der Waals surface area contributed by atoms with Gasteiger partial charge in [0, 0.05) is 17.7 Å². The molecule has 0 fully saturated rings. The van der Waals surface area contributed by atoms with Crippen LogP contribution in [0.4, 0.5) is 0 Å². The van der Waals surface area contributed by atoms with Gasteiger partial charge >= 0.3 is 0 Å². The first-order valence-electron chi connectivity index (χ1n) is 6.67. The topological polar surface area (TPSA) is 33.4 Å². The summed E-state index contributed by atoms with van der Waals surface area (Å²) < 4.78 is 5.83. The van der Waals surface area contributed by atoms with Gasteiger partial charge in [-0.1, -0.05) is 54.1 Å². The number of rotatable bonds is 4. The van der Waals surface area contributed by atoms with Crippen LogP contribution in [0, 0.1) is 0 Å². The van der Waals surface area contributed by atoms with Crippen molar-refractivity contribution in [1.82, 2.24) is 0 Å². The zero-order valence-corrected chi connectivity index (χ0v) is 12.7. The van der Waals surface area contributed by atoms with Gasteiger partial charge < -0.3 is 9.52 Å². The molecule has 0 saturated heterocycles. The van der Waals surface area contributed by atoms with Crippen LogP contribution in [0.5, 0.6) is 0 Å². The molecule has 0 radical (unpaired) electrons. The maximum atomic E-state index is 11.1. The van der Waals surface area contributed by atoms with Crippen LogP contribution in [0.1, 0.15) is 17.7 Å². The summed E-state index contributed by atoms with van der Waals surface area (Å²) in [6, 6.07) is 16.7. The number of aliphatic hydroxyl groups is 1. The van der Waals surface area contributed by atoms with E-state index < -0.39 is 5.60 Å². The second-order valence-electron chi connectivity index (χ2n) is 4.93. The Labute approximate surface area is 132 Å². The summed E-state index contributed by atoms with van der Waals surface area (Å²) in [7, 11) is 0. The maximum Gasteiger partial charge on any atom is 0.153 e. The van der Waals surface area contributed by atoms with E-state index in [1.165, 1.54) is 0 Å². The van der Waals surface area contributed by atoms with Crippen LogP contribution in [0.3, 0.4) is 0 Å². The van der Waals surface area contributed by atoms with E-state index in [9.17, 15) is 5.11 Å². The monoisotopic (exact) mass is 320 g/mol. The molecule has 0 amide bonds. The van der Waals surface area contributed by atoms with Crippen LogP contribution >= 0.6 is 23.2 Å². The predicted molar refractivity (Wildman–Crippen MR) is 86.0 cm³/mol. The highest BCUT2D eigenvalue weighted by atomic mass is 35.5. The van der Waals surface area contributed by atoms with Crippen molar-refractivity contribution < 1.29 is 9.52 Å². The van der Waals surface area contributed by atoms with Crippen molar-refractivity contribution in [3.63, 3.8) is 0 Å². The fourth-order valence-electron chi connectivity index (χ4n) is 2.49. The molecule has 1 aromatic heterocycles. The molecule has 1 heterocycles. The van der Waals surface area contributed by atoms with Crippen LogP contribution in [-0.2, 0) is 5.60 Å². The standard InChI is InChI=1S/C17H14Cl2O2/c18-10-9-17(20,13-6-2-1-3-7-13)15-11-12-5-4-8-14(19)16(12)21-15/h1-8,11,20H,9-10H2. The molecule has 1 N–H and O–H groups in total. The molecule has 3 aromatic rings. The van der Waals surface area contributed by atoms with Crippen LogP contribution in [0.2, 0.25) is 5.02 Å². The predicted octanol–water partition coefficient (Wildman–Crippen LogP) is 4.95. The minimum Gasteiger partial charge on any atom is -0.456 e. The molecule has 3 rings (SSSR count). The number of halogens is 2. The molecular formula is C17H14Cl2O2. The van der Waals surface area contributed by atoms with Gasteiger partial charge in [-0.25, -0.2) is 0 Å². The molecule has 0 spiro atoms. The van der Waals surface area contributed by atoms with Crippen molar-refractivity contribution in [1.29, 1.82) is 0 Å². The first-order valence-corrected chi connectivity index (χ1v) is 7.59. The molecule has 0 bridgehead atoms. The molecule has 4 heteroatoms. The molecule has 2 nitrogen and oxygen atoms in total. The number of furan rings is 1. The van der Waals surface area contributed by atoms with Gasteiger partial charge in [0.05, 0.1) is 5.02 Å². The van der Waals surface area contributed by atoms with Crippen LogP contribution in [0.15, 0.2) is 59.0 Å². The van der Waals surface area contributed by atoms with Crippen molar-refractivity contribution in [2.45, 2.75) is 12.0 Å². The van der Waals surface area contributed by atoms with Gasteiger partial charge in [-0.2, -0.15) is 0 Å². The second-order valence-corrected chi connectivity index (χ2v) is 5.72. The molecule has 1 atom stereocenters. The highest BCUT2D eigenvalue weighted by Crippen LogP contribution is 2.38. The number of alkyl halides is 1. The van der Waals surface area contributed by atoms with E-state index in [4.69, 9.17) is 27.6 Å². The summed E-state index contributed by atoms with van der Waals surface area (Å²) in [5, 5.41) is 12.5. The van der Waals surface area contributed by atoms with Crippen LogP contribution in [0.25, 0.3) is 11.0 Å². The smallest absolute Gasteiger partial charge is 0.153 e. The number of hydrogen-bond donors (Lipinski definition) is 1. The maximum absolute atomic E-state index is 11.1. The molecule has 2 aromatic carbocycles. The van der Waals surface area contributed by atoms with Gasteiger partial charge in [0.2, 0.25) is 0 Å². The zero-order chi connectivity index (χ0) is 14.9. The Hall–Kier alpha value is -1.48. The summed E-state index contributed by atoms with van der Waals surface area (Å²) >= 11 is 12.0. The van der Waals surface area contributed by atoms with E-state index in [1.54, 1.807) is 6.07 Å². The Morgan fingerprint density at radius 3 is 2.48 bits per heavy atom. The third-order valence-electron chi connectivity index (χ3n) is 3.61. The summed E-state index contributed by atoms with van der Waals surface area (Å²) in [5.74, 6) is 0.772. The van der Waals surface area contributed by atoms with Crippen LogP contribution in [-0.4, -0.2) is 11.0 Å². The van der Waals surface area contributed by atoms with Gasteiger partial charge in [-0.3, -0.25) is 0 Å². The van der Waals surface area contributed by atoms with Gasteiger partial charge in [0.25, 0.3) is 0 Å². The van der Waals surface area contributed by atoms with Gasteiger partial charge in [0.15, 0.2) is 5.58 Å². The fraction of sp³-hybridized carbons (Fsp3) is 0.176. The molecular weight excluding hydrogens is 307 g/mol. The van der Waals surface area contributed by atoms with Crippen molar-refractivity contribution in [2.75, 3.05) is 5.88 Å². The molecule has 0 aliphatic carbocycles. The number of fused-ring (bicyclic) bond motifs is 1. The fourth-order valence-corrected chi connectivity index (χ4v) is 2.99. The second kappa shape index (κ2) is 5.72. The first kappa shape index (κ1) is 14.5. The van der Waals surface area contributed by atoms with Gasteiger partial charge in [0.1, 0.15) is 11.4 Å². The van der Waals surface area contributed by atoms with E-state index in [0.717, 1.165) is 10.9 Å². The Balaban J connectivity index is 2.18. The summed E-state index contributed by atoms with van der Waals surface area (Å²) in [4.78, 5) is 0. The van der Waals surface area contributed by atoms with E-state index in [2.05, 4.69) is 0 Å². The van der Waals surface area contributed by atoms with Crippen LogP contribution < -0.4 is 0 Å². The normalized spacial score (nSPS) is 14.2. The number of para-hydroxylation sites is 1. The quantitative estimate of drug-likeness (QED) is 0.690. The molecule has 21 heavy (non-hydrogen) atoms. The molecule has 0 saturated carbocycles. The minimum atomic E-state index is -1.26. The minimum absolute atomic E-state index is 0.316. The lowest BCUT2D eigenvalue weighted by molar-refractivity contribution is 0.0553. The Kier molecular flexibility index (Phi) is 3.94. The highest BCUT2D eigenvalue weighted by Gasteiger charge is 2.34. The number of hydrogen-bond acceptors (Lipinski definition) is 2. The first-order chi connectivity index (χ1) is 10.1. The summed E-state index contributed by atoms with van der Waals surface area (Å²) in [6.45, 7) is 0. The third kappa shape index (κ3) is 2.55. The van der Waals surface area contributed by atoms with Crippen molar-refractivity contribution in [3.05, 3.63) is 70.9 Å². The lowest BCUT2D eigenvalue weighted by atomic mass is 9.88. The average Bonchev–Trinajstić information content (AvgIpc) is 2.94. The molecule has 0 aliphatic heterocycles. The van der Waals surface area contributed by atoms with E-state index in [0.29, 0.717) is 28.7 Å². The lowest BCUT2D eigenvalue weighted by Gasteiger charge is -2.25. The zero-order valence-electron chi connectivity index (χ0n) is 11.2. The third-order valence-corrected chi connectivity index (χ3v) is 4.10. The lowest BCUT2D eigenvalue weighted by Crippen LogP contribution is -2.27. The summed E-state index contributed by atoms with van der Waals surface area (Å²) in [6.07, 6.45) is 0.357. The van der Waals surface area contributed by atoms with Gasteiger partial charge in [-0.05, 0) is 17.7 Å². The van der Waals surface area contributed by atoms with Crippen molar-refractivity contribution in [2.24, 2.45) is 0 Å². The molecule has 0 aliphatic rings. The van der Waals surface area contributed by atoms with Crippen molar-refractivity contribution >= 4 is 34.2 Å².